The van der Waals surface area contributed by atoms with E-state index in [-0.39, 0.29) is 11.1 Å². The maximum Gasteiger partial charge on any atom is 0.160 e. The number of aryl methyl sites for hydroxylation is 2. The van der Waals surface area contributed by atoms with Gasteiger partial charge in [0.1, 0.15) is 11.5 Å². The second kappa shape index (κ2) is 5.94. The second-order valence-corrected chi connectivity index (χ2v) is 5.05. The van der Waals surface area contributed by atoms with E-state index in [1.807, 2.05) is 26.8 Å². The summed E-state index contributed by atoms with van der Waals surface area (Å²) in [5, 5.41) is 3.41. The van der Waals surface area contributed by atoms with Gasteiger partial charge in [-0.3, -0.25) is 0 Å². The van der Waals surface area contributed by atoms with Gasteiger partial charge in [0.25, 0.3) is 0 Å². The van der Waals surface area contributed by atoms with Crippen molar-refractivity contribution in [3.63, 3.8) is 0 Å². The SMILES string of the molecule is CCNC(c1cc(F)c(F)cc1Cl)c1cc(C)oc1C. The van der Waals surface area contributed by atoms with Crippen molar-refractivity contribution in [3.8, 4) is 0 Å². The molecular formula is C15H16ClF2NO. The molecule has 0 fully saturated rings. The zero-order chi connectivity index (χ0) is 14.9. The second-order valence-electron chi connectivity index (χ2n) is 4.65. The van der Waals surface area contributed by atoms with Crippen molar-refractivity contribution in [3.05, 3.63) is 57.5 Å². The number of benzene rings is 1. The molecule has 20 heavy (non-hydrogen) atoms. The van der Waals surface area contributed by atoms with Crippen LogP contribution in [0.1, 0.15) is 35.6 Å². The van der Waals surface area contributed by atoms with Crippen molar-refractivity contribution in [2.24, 2.45) is 0 Å². The highest BCUT2D eigenvalue weighted by atomic mass is 35.5. The van der Waals surface area contributed by atoms with Crippen LogP contribution in [0.15, 0.2) is 22.6 Å². The molecule has 1 unspecified atom stereocenters. The first kappa shape index (κ1) is 15.0. The van der Waals surface area contributed by atoms with Crippen molar-refractivity contribution < 1.29 is 13.2 Å². The van der Waals surface area contributed by atoms with Gasteiger partial charge in [-0.05, 0) is 44.2 Å². The minimum absolute atomic E-state index is 0.188. The lowest BCUT2D eigenvalue weighted by Crippen LogP contribution is -2.22. The molecule has 0 spiro atoms. The fraction of sp³-hybridized carbons (Fsp3) is 0.333. The average Bonchev–Trinajstić information content (AvgIpc) is 2.70. The highest BCUT2D eigenvalue weighted by molar-refractivity contribution is 6.31. The van der Waals surface area contributed by atoms with E-state index in [0.717, 1.165) is 29.2 Å². The van der Waals surface area contributed by atoms with Gasteiger partial charge in [-0.25, -0.2) is 8.78 Å². The minimum Gasteiger partial charge on any atom is -0.466 e. The Morgan fingerprint density at radius 3 is 2.35 bits per heavy atom. The molecule has 0 saturated carbocycles. The summed E-state index contributed by atoms with van der Waals surface area (Å²) in [6.45, 7) is 6.26. The molecule has 5 heteroatoms. The van der Waals surface area contributed by atoms with Crippen molar-refractivity contribution in [2.75, 3.05) is 6.54 Å². The lowest BCUT2D eigenvalue weighted by molar-refractivity contribution is 0.491. The van der Waals surface area contributed by atoms with Crippen LogP contribution in [0.4, 0.5) is 8.78 Å². The van der Waals surface area contributed by atoms with Gasteiger partial charge in [0.05, 0.1) is 6.04 Å². The van der Waals surface area contributed by atoms with Crippen LogP contribution in [0, 0.1) is 25.5 Å². The third-order valence-electron chi connectivity index (χ3n) is 3.15. The van der Waals surface area contributed by atoms with Gasteiger partial charge in [-0.1, -0.05) is 18.5 Å². The van der Waals surface area contributed by atoms with Crippen LogP contribution >= 0.6 is 11.6 Å². The summed E-state index contributed by atoms with van der Waals surface area (Å²) in [5.74, 6) is -0.368. The molecule has 1 aromatic carbocycles. The fourth-order valence-electron chi connectivity index (χ4n) is 2.29. The largest absolute Gasteiger partial charge is 0.466 e. The molecule has 1 atom stereocenters. The summed E-state index contributed by atoms with van der Waals surface area (Å²) in [6.07, 6.45) is 0. The highest BCUT2D eigenvalue weighted by Crippen LogP contribution is 2.33. The van der Waals surface area contributed by atoms with Gasteiger partial charge >= 0.3 is 0 Å². The van der Waals surface area contributed by atoms with Crippen LogP contribution in [0.2, 0.25) is 5.02 Å². The van der Waals surface area contributed by atoms with Gasteiger partial charge in [-0.2, -0.15) is 0 Å². The van der Waals surface area contributed by atoms with Gasteiger partial charge in [0.15, 0.2) is 11.6 Å². The molecular weight excluding hydrogens is 284 g/mol. The van der Waals surface area contributed by atoms with E-state index < -0.39 is 11.6 Å². The van der Waals surface area contributed by atoms with Crippen molar-refractivity contribution in [1.29, 1.82) is 0 Å². The number of nitrogens with one attached hydrogen (secondary N) is 1. The van der Waals surface area contributed by atoms with E-state index >= 15 is 0 Å². The van der Waals surface area contributed by atoms with E-state index in [9.17, 15) is 8.78 Å². The molecule has 0 aliphatic carbocycles. The summed E-state index contributed by atoms with van der Waals surface area (Å²) in [5.41, 5.74) is 1.37. The predicted octanol–water partition coefficient (Wildman–Crippen LogP) is 4.53. The lowest BCUT2D eigenvalue weighted by atomic mass is 9.98. The van der Waals surface area contributed by atoms with E-state index in [1.54, 1.807) is 0 Å². The first-order chi connectivity index (χ1) is 9.43. The number of hydrogen-bond acceptors (Lipinski definition) is 2. The zero-order valence-electron chi connectivity index (χ0n) is 11.6. The highest BCUT2D eigenvalue weighted by Gasteiger charge is 2.22. The van der Waals surface area contributed by atoms with Crippen LogP contribution in [-0.4, -0.2) is 6.54 Å². The molecule has 1 heterocycles. The number of halogens is 3. The molecule has 2 aromatic rings. The van der Waals surface area contributed by atoms with Crippen molar-refractivity contribution in [2.45, 2.75) is 26.8 Å². The molecule has 108 valence electrons. The van der Waals surface area contributed by atoms with Crippen LogP contribution in [0.5, 0.6) is 0 Å². The molecule has 0 bridgehead atoms. The van der Waals surface area contributed by atoms with Gasteiger partial charge in [-0.15, -0.1) is 0 Å². The summed E-state index contributed by atoms with van der Waals surface area (Å²) in [4.78, 5) is 0. The van der Waals surface area contributed by atoms with Crippen LogP contribution in [0.25, 0.3) is 0 Å². The summed E-state index contributed by atoms with van der Waals surface area (Å²) < 4.78 is 32.2. The number of rotatable bonds is 4. The molecule has 0 saturated heterocycles. The average molecular weight is 300 g/mol. The van der Waals surface area contributed by atoms with E-state index in [2.05, 4.69) is 5.32 Å². The van der Waals surface area contributed by atoms with Crippen molar-refractivity contribution >= 4 is 11.6 Å². The monoisotopic (exact) mass is 299 g/mol. The molecule has 0 radical (unpaired) electrons. The molecule has 0 amide bonds. The molecule has 1 aromatic heterocycles. The Morgan fingerprint density at radius 2 is 1.80 bits per heavy atom. The number of hydrogen-bond donors (Lipinski definition) is 1. The maximum absolute atomic E-state index is 13.5. The smallest absolute Gasteiger partial charge is 0.160 e. The van der Waals surface area contributed by atoms with Crippen LogP contribution < -0.4 is 5.32 Å². The lowest BCUT2D eigenvalue weighted by Gasteiger charge is -2.19. The van der Waals surface area contributed by atoms with Gasteiger partial charge < -0.3 is 9.73 Å². The Morgan fingerprint density at radius 1 is 1.15 bits per heavy atom. The Bertz CT molecular complexity index is 625. The van der Waals surface area contributed by atoms with E-state index in [1.165, 1.54) is 0 Å². The number of furan rings is 1. The predicted molar refractivity (Wildman–Crippen MR) is 75.1 cm³/mol. The normalized spacial score (nSPS) is 12.7. The minimum atomic E-state index is -0.950. The van der Waals surface area contributed by atoms with Crippen LogP contribution in [-0.2, 0) is 0 Å². The topological polar surface area (TPSA) is 25.2 Å². The maximum atomic E-state index is 13.5. The molecule has 2 nitrogen and oxygen atoms in total. The third kappa shape index (κ3) is 2.86. The molecule has 0 aliphatic rings. The quantitative estimate of drug-likeness (QED) is 0.839. The Labute approximate surface area is 121 Å². The summed E-state index contributed by atoms with van der Waals surface area (Å²) in [7, 11) is 0. The summed E-state index contributed by atoms with van der Waals surface area (Å²) in [6, 6.07) is 3.67. The first-order valence-electron chi connectivity index (χ1n) is 6.38. The van der Waals surface area contributed by atoms with Crippen molar-refractivity contribution in [1.82, 2.24) is 5.32 Å². The van der Waals surface area contributed by atoms with Gasteiger partial charge in [0.2, 0.25) is 0 Å². The molecule has 0 aliphatic heterocycles. The third-order valence-corrected chi connectivity index (χ3v) is 3.48. The first-order valence-corrected chi connectivity index (χ1v) is 6.76. The van der Waals surface area contributed by atoms with E-state index in [0.29, 0.717) is 12.1 Å². The van der Waals surface area contributed by atoms with Crippen LogP contribution in [0.3, 0.4) is 0 Å². The molecule has 2 rings (SSSR count). The Balaban J connectivity index is 2.54. The zero-order valence-corrected chi connectivity index (χ0v) is 12.3. The van der Waals surface area contributed by atoms with Gasteiger partial charge in [0, 0.05) is 10.6 Å². The Hall–Kier alpha value is -1.39. The molecule has 1 N–H and O–H groups in total. The standard InChI is InChI=1S/C15H16ClF2NO/c1-4-19-15(10-5-8(2)20-9(10)3)11-6-13(17)14(18)7-12(11)16/h5-7,15,19H,4H2,1-3H3. The fourth-order valence-corrected chi connectivity index (χ4v) is 2.55. The summed E-state index contributed by atoms with van der Waals surface area (Å²) >= 11 is 6.06. The Kier molecular flexibility index (Phi) is 4.45. The van der Waals surface area contributed by atoms with E-state index in [4.69, 9.17) is 16.0 Å².